The van der Waals surface area contributed by atoms with Crippen LogP contribution < -0.4 is 0 Å². The predicted octanol–water partition coefficient (Wildman–Crippen LogP) is 3.38. The van der Waals surface area contributed by atoms with E-state index in [1.165, 1.54) is 6.42 Å². The van der Waals surface area contributed by atoms with E-state index in [0.29, 0.717) is 19.6 Å². The molecule has 2 amide bonds. The van der Waals surface area contributed by atoms with E-state index in [1.54, 1.807) is 4.90 Å². The highest BCUT2D eigenvalue weighted by atomic mass is 16.6. The van der Waals surface area contributed by atoms with Gasteiger partial charge in [-0.05, 0) is 44.4 Å². The molecule has 38 heavy (non-hydrogen) atoms. The molecule has 8 heteroatoms. The van der Waals surface area contributed by atoms with Crippen molar-refractivity contribution in [2.45, 2.75) is 108 Å². The summed E-state index contributed by atoms with van der Waals surface area (Å²) in [6.45, 7) is 6.35. The van der Waals surface area contributed by atoms with E-state index in [2.05, 4.69) is 6.08 Å². The van der Waals surface area contributed by atoms with Crippen LogP contribution in [0.4, 0.5) is 0 Å². The number of likely N-dealkylation sites (tertiary alicyclic amines) is 1. The van der Waals surface area contributed by atoms with Crippen molar-refractivity contribution in [1.82, 2.24) is 9.80 Å². The monoisotopic (exact) mass is 528 g/mol. The van der Waals surface area contributed by atoms with Gasteiger partial charge in [0.05, 0.1) is 25.2 Å². The second-order valence-electron chi connectivity index (χ2n) is 12.1. The van der Waals surface area contributed by atoms with E-state index in [1.807, 2.05) is 43.9 Å². The lowest BCUT2D eigenvalue weighted by Gasteiger charge is -2.43. The number of fused-ring (bicyclic) bond motifs is 2. The molecule has 5 aliphatic rings. The predicted molar refractivity (Wildman–Crippen MR) is 142 cm³/mol. The summed E-state index contributed by atoms with van der Waals surface area (Å²) < 4.78 is 12.8. The van der Waals surface area contributed by atoms with Crippen LogP contribution in [0.25, 0.3) is 0 Å². The minimum Gasteiger partial charge on any atom is -0.465 e. The molecule has 2 saturated heterocycles. The fraction of sp³-hybridized carbons (Fsp3) is 0.767. The first kappa shape index (κ1) is 27.4. The van der Waals surface area contributed by atoms with Gasteiger partial charge in [0.25, 0.3) is 0 Å². The van der Waals surface area contributed by atoms with Crippen molar-refractivity contribution < 1.29 is 29.0 Å². The molecule has 1 unspecified atom stereocenters. The number of rotatable bonds is 5. The highest BCUT2D eigenvalue weighted by Crippen LogP contribution is 2.59. The molecule has 0 radical (unpaired) electrons. The maximum Gasteiger partial charge on any atom is 0.313 e. The van der Waals surface area contributed by atoms with Gasteiger partial charge in [-0.3, -0.25) is 14.4 Å². The van der Waals surface area contributed by atoms with Gasteiger partial charge in [-0.1, -0.05) is 64.3 Å². The molecule has 8 nitrogen and oxygen atoms in total. The zero-order valence-corrected chi connectivity index (χ0v) is 23.1. The third-order valence-electron chi connectivity index (χ3n) is 9.68. The molecular formula is C30H44N2O6. The molecule has 3 fully saturated rings. The van der Waals surface area contributed by atoms with Gasteiger partial charge in [0.15, 0.2) is 0 Å². The van der Waals surface area contributed by atoms with Crippen molar-refractivity contribution in [3.63, 3.8) is 0 Å². The van der Waals surface area contributed by atoms with Gasteiger partial charge in [-0.2, -0.15) is 0 Å². The normalized spacial score (nSPS) is 37.9. The Bertz CT molecular complexity index is 987. The zero-order valence-electron chi connectivity index (χ0n) is 23.1. The van der Waals surface area contributed by atoms with E-state index in [4.69, 9.17) is 9.47 Å². The van der Waals surface area contributed by atoms with Gasteiger partial charge in [0.1, 0.15) is 23.2 Å². The molecule has 210 valence electrons. The molecule has 6 atom stereocenters. The first-order chi connectivity index (χ1) is 18.3. The Hall–Kier alpha value is -2.19. The molecule has 5 rings (SSSR count). The summed E-state index contributed by atoms with van der Waals surface area (Å²) in [5.74, 6) is -2.73. The van der Waals surface area contributed by atoms with Crippen LogP contribution in [0.15, 0.2) is 24.3 Å². The average molecular weight is 529 g/mol. The highest BCUT2D eigenvalue weighted by molar-refractivity contribution is 5.99. The van der Waals surface area contributed by atoms with Crippen LogP contribution in [-0.4, -0.2) is 81.8 Å². The summed E-state index contributed by atoms with van der Waals surface area (Å²) in [7, 11) is 0. The van der Waals surface area contributed by atoms with Crippen molar-refractivity contribution in [3.8, 4) is 0 Å². The number of hydrogen-bond donors (Lipinski definition) is 1. The molecule has 1 aliphatic carbocycles. The zero-order chi connectivity index (χ0) is 27.1. The summed E-state index contributed by atoms with van der Waals surface area (Å²) in [5.41, 5.74) is -2.35. The van der Waals surface area contributed by atoms with Crippen molar-refractivity contribution in [1.29, 1.82) is 0 Å². The van der Waals surface area contributed by atoms with Gasteiger partial charge in [0.2, 0.25) is 11.8 Å². The smallest absolute Gasteiger partial charge is 0.313 e. The summed E-state index contributed by atoms with van der Waals surface area (Å²) in [6, 6.07) is -1.39. The standard InChI is InChI=1S/C30H44N2O6/c1-4-29-15-10-5-6-11-18-37-28(36)24(29)23-26(34)32(22(19-33)20(2)3)25-27(35)31(21-13-8-7-9-14-21)17-12-16-30(23,25)38-29/h10,12,15-16,20-25,33H,4-9,11,13-14,17-19H2,1-3H3/b15-10-/t22-,23-,24+,25?,29-,30-/m0/s1. The van der Waals surface area contributed by atoms with Crippen LogP contribution in [0.1, 0.15) is 78.6 Å². The van der Waals surface area contributed by atoms with Crippen LogP contribution >= 0.6 is 0 Å². The number of aliphatic hydroxyl groups excluding tert-OH is 1. The minimum atomic E-state index is -1.31. The van der Waals surface area contributed by atoms with E-state index < -0.39 is 41.1 Å². The minimum absolute atomic E-state index is 0.0881. The molecule has 0 bridgehead atoms. The van der Waals surface area contributed by atoms with Crippen molar-refractivity contribution in [2.75, 3.05) is 19.8 Å². The first-order valence-electron chi connectivity index (χ1n) is 14.8. The largest absolute Gasteiger partial charge is 0.465 e. The Balaban J connectivity index is 1.67. The second kappa shape index (κ2) is 10.8. The van der Waals surface area contributed by atoms with E-state index in [-0.39, 0.29) is 30.4 Å². The van der Waals surface area contributed by atoms with Gasteiger partial charge in [-0.25, -0.2) is 0 Å². The molecule has 1 saturated carbocycles. The maximum atomic E-state index is 14.6. The lowest BCUT2D eigenvalue weighted by atomic mass is 9.73. The topological polar surface area (TPSA) is 96.4 Å². The maximum absolute atomic E-state index is 14.6. The highest BCUT2D eigenvalue weighted by Gasteiger charge is 2.76. The molecule has 1 spiro atoms. The third-order valence-corrected chi connectivity index (χ3v) is 9.68. The van der Waals surface area contributed by atoms with Gasteiger partial charge >= 0.3 is 5.97 Å². The second-order valence-corrected chi connectivity index (χ2v) is 12.1. The molecular weight excluding hydrogens is 484 g/mol. The fourth-order valence-electron chi connectivity index (χ4n) is 7.69. The summed E-state index contributed by atoms with van der Waals surface area (Å²) in [4.78, 5) is 46.3. The Morgan fingerprint density at radius 3 is 2.45 bits per heavy atom. The third kappa shape index (κ3) is 4.23. The molecule has 4 aliphatic heterocycles. The van der Waals surface area contributed by atoms with Crippen LogP contribution in [0.5, 0.6) is 0 Å². The number of amides is 2. The number of carbonyl (C=O) groups excluding carboxylic acids is 3. The van der Waals surface area contributed by atoms with Crippen LogP contribution in [-0.2, 0) is 23.9 Å². The average Bonchev–Trinajstić information content (AvgIpc) is 3.26. The Kier molecular flexibility index (Phi) is 7.75. The molecule has 1 N–H and O–H groups in total. The number of carbonyl (C=O) groups is 3. The van der Waals surface area contributed by atoms with E-state index in [9.17, 15) is 19.5 Å². The molecule has 4 heterocycles. The summed E-state index contributed by atoms with van der Waals surface area (Å²) >= 11 is 0. The van der Waals surface area contributed by atoms with Gasteiger partial charge in [-0.15, -0.1) is 0 Å². The number of esters is 1. The Labute approximate surface area is 226 Å². The number of nitrogens with zero attached hydrogens (tertiary/aromatic N) is 2. The SMILES string of the molecule is CC[C@]12/C=C\CCCCOC(=O)[C@H]1[C@H]1C(=O)N([C@@H](CO)C(C)C)C3C(=O)N(C4CCCCC4)CC=C[C@@]31O2. The Morgan fingerprint density at radius 1 is 1.00 bits per heavy atom. The van der Waals surface area contributed by atoms with E-state index >= 15 is 0 Å². The van der Waals surface area contributed by atoms with Gasteiger partial charge < -0.3 is 24.4 Å². The van der Waals surface area contributed by atoms with Crippen LogP contribution in [0.2, 0.25) is 0 Å². The van der Waals surface area contributed by atoms with E-state index in [0.717, 1.165) is 44.9 Å². The van der Waals surface area contributed by atoms with Crippen LogP contribution in [0.3, 0.4) is 0 Å². The van der Waals surface area contributed by atoms with Crippen molar-refractivity contribution >= 4 is 17.8 Å². The number of ether oxygens (including phenoxy) is 2. The number of hydrogen-bond acceptors (Lipinski definition) is 6. The fourth-order valence-corrected chi connectivity index (χ4v) is 7.69. The number of cyclic esters (lactones) is 1. The van der Waals surface area contributed by atoms with Crippen molar-refractivity contribution in [2.24, 2.45) is 17.8 Å². The number of aliphatic hydroxyl groups is 1. The summed E-state index contributed by atoms with van der Waals surface area (Å²) in [6.07, 6.45) is 16.1. The molecule has 0 aromatic heterocycles. The lowest BCUT2D eigenvalue weighted by molar-refractivity contribution is -0.164. The quantitative estimate of drug-likeness (QED) is 0.434. The molecule has 0 aromatic rings. The van der Waals surface area contributed by atoms with Crippen LogP contribution in [0, 0.1) is 17.8 Å². The first-order valence-corrected chi connectivity index (χ1v) is 14.8. The molecule has 0 aromatic carbocycles. The van der Waals surface area contributed by atoms with Crippen molar-refractivity contribution in [3.05, 3.63) is 24.3 Å². The number of allylic oxidation sites excluding steroid dienone is 1. The lowest BCUT2D eigenvalue weighted by Crippen LogP contribution is -2.61. The Morgan fingerprint density at radius 2 is 1.76 bits per heavy atom. The van der Waals surface area contributed by atoms with Gasteiger partial charge in [0, 0.05) is 12.6 Å². The summed E-state index contributed by atoms with van der Waals surface area (Å²) in [5, 5.41) is 10.4.